The molecule has 3 rings (SSSR count). The molecule has 0 saturated carbocycles. The van der Waals surface area contributed by atoms with Crippen LogP contribution >= 0.6 is 0 Å². The summed E-state index contributed by atoms with van der Waals surface area (Å²) in [5.41, 5.74) is 9.39. The largest absolute Gasteiger partial charge is 0.383 e. The van der Waals surface area contributed by atoms with Gasteiger partial charge >= 0.3 is 0 Å². The quantitative estimate of drug-likeness (QED) is 0.746. The topological polar surface area (TPSA) is 76.7 Å². The van der Waals surface area contributed by atoms with Gasteiger partial charge in [0.1, 0.15) is 5.82 Å². The number of nitrogen functional groups attached to an aromatic ring is 1. The van der Waals surface area contributed by atoms with E-state index in [1.807, 2.05) is 37.3 Å². The van der Waals surface area contributed by atoms with Crippen molar-refractivity contribution in [3.8, 4) is 16.9 Å². The second-order valence-corrected chi connectivity index (χ2v) is 4.55. The van der Waals surface area contributed by atoms with Gasteiger partial charge in [-0.25, -0.2) is 4.68 Å². The Morgan fingerprint density at radius 2 is 1.90 bits per heavy atom. The van der Waals surface area contributed by atoms with Crippen molar-refractivity contribution < 1.29 is 0 Å². The highest BCUT2D eigenvalue weighted by Gasteiger charge is 2.14. The predicted molar refractivity (Wildman–Crippen MR) is 78.8 cm³/mol. The number of nitrogens with one attached hydrogen (secondary N) is 1. The first-order valence-electron chi connectivity index (χ1n) is 6.26. The van der Waals surface area contributed by atoms with Crippen molar-refractivity contribution in [1.82, 2.24) is 14.8 Å². The summed E-state index contributed by atoms with van der Waals surface area (Å²) in [6.07, 6.45) is 1.65. The number of rotatable bonds is 2. The second kappa shape index (κ2) is 4.70. The van der Waals surface area contributed by atoms with Crippen LogP contribution in [-0.4, -0.2) is 14.8 Å². The van der Waals surface area contributed by atoms with Crippen molar-refractivity contribution in [1.29, 1.82) is 0 Å². The number of H-pyrrole nitrogens is 1. The van der Waals surface area contributed by atoms with Crippen LogP contribution in [0.25, 0.3) is 16.9 Å². The molecular formula is C15H14N4O. The van der Waals surface area contributed by atoms with E-state index in [1.165, 1.54) is 6.07 Å². The summed E-state index contributed by atoms with van der Waals surface area (Å²) in [4.78, 5) is 13.8. The van der Waals surface area contributed by atoms with Crippen molar-refractivity contribution >= 4 is 5.82 Å². The van der Waals surface area contributed by atoms with E-state index < -0.39 is 0 Å². The number of para-hydroxylation sites is 1. The lowest BCUT2D eigenvalue weighted by Crippen LogP contribution is -2.02. The minimum absolute atomic E-state index is 0.137. The zero-order valence-corrected chi connectivity index (χ0v) is 11.0. The van der Waals surface area contributed by atoms with Gasteiger partial charge in [0, 0.05) is 23.4 Å². The highest BCUT2D eigenvalue weighted by Crippen LogP contribution is 2.27. The Morgan fingerprint density at radius 1 is 1.15 bits per heavy atom. The Bertz CT molecular complexity index is 782. The fourth-order valence-electron chi connectivity index (χ4n) is 2.11. The Hall–Kier alpha value is -2.82. The van der Waals surface area contributed by atoms with Crippen LogP contribution in [0.4, 0.5) is 5.82 Å². The van der Waals surface area contributed by atoms with Gasteiger partial charge in [-0.05, 0) is 25.1 Å². The minimum Gasteiger partial charge on any atom is -0.383 e. The number of anilines is 1. The smallest absolute Gasteiger partial charge is 0.247 e. The lowest BCUT2D eigenvalue weighted by Gasteiger charge is -2.02. The van der Waals surface area contributed by atoms with E-state index in [0.29, 0.717) is 5.82 Å². The maximum absolute atomic E-state index is 11.1. The average Bonchev–Trinajstić information content (AvgIpc) is 2.77. The van der Waals surface area contributed by atoms with E-state index in [-0.39, 0.29) is 5.56 Å². The van der Waals surface area contributed by atoms with E-state index in [9.17, 15) is 4.79 Å². The van der Waals surface area contributed by atoms with Crippen LogP contribution in [-0.2, 0) is 0 Å². The van der Waals surface area contributed by atoms with Gasteiger partial charge in [0.25, 0.3) is 0 Å². The van der Waals surface area contributed by atoms with Crippen LogP contribution in [0.5, 0.6) is 0 Å². The van der Waals surface area contributed by atoms with Crippen molar-refractivity contribution in [3.05, 3.63) is 64.6 Å². The number of pyridine rings is 1. The van der Waals surface area contributed by atoms with E-state index in [2.05, 4.69) is 10.1 Å². The number of hydrogen-bond acceptors (Lipinski definition) is 3. The maximum atomic E-state index is 11.1. The molecule has 5 nitrogen and oxygen atoms in total. The molecule has 5 heteroatoms. The molecule has 0 saturated heterocycles. The van der Waals surface area contributed by atoms with E-state index in [1.54, 1.807) is 16.9 Å². The van der Waals surface area contributed by atoms with Gasteiger partial charge in [0.15, 0.2) is 0 Å². The van der Waals surface area contributed by atoms with E-state index >= 15 is 0 Å². The van der Waals surface area contributed by atoms with Crippen LogP contribution in [0.1, 0.15) is 5.56 Å². The number of aromatic nitrogens is 3. The molecule has 0 radical (unpaired) electrons. The molecule has 0 aliphatic heterocycles. The van der Waals surface area contributed by atoms with Crippen molar-refractivity contribution in [2.24, 2.45) is 0 Å². The van der Waals surface area contributed by atoms with Gasteiger partial charge in [0.2, 0.25) is 5.56 Å². The van der Waals surface area contributed by atoms with Crippen LogP contribution < -0.4 is 11.3 Å². The molecule has 0 amide bonds. The molecule has 0 bridgehead atoms. The van der Waals surface area contributed by atoms with Crippen LogP contribution in [0.2, 0.25) is 0 Å². The van der Waals surface area contributed by atoms with Gasteiger partial charge in [-0.15, -0.1) is 0 Å². The molecule has 0 aliphatic rings. The molecule has 20 heavy (non-hydrogen) atoms. The number of benzene rings is 1. The molecule has 0 fully saturated rings. The van der Waals surface area contributed by atoms with E-state index in [4.69, 9.17) is 5.73 Å². The molecule has 1 aromatic carbocycles. The zero-order chi connectivity index (χ0) is 14.1. The molecule has 0 unspecified atom stereocenters. The monoisotopic (exact) mass is 266 g/mol. The first-order valence-corrected chi connectivity index (χ1v) is 6.26. The van der Waals surface area contributed by atoms with Gasteiger partial charge in [0.05, 0.1) is 11.4 Å². The van der Waals surface area contributed by atoms with Gasteiger partial charge in [-0.1, -0.05) is 18.2 Å². The molecule has 3 N–H and O–H groups in total. The SMILES string of the molecule is Cc1c(-c2ccc(=O)[nH]c2)nn(-c2ccccc2)c1N. The molecule has 0 aliphatic carbocycles. The minimum atomic E-state index is -0.137. The van der Waals surface area contributed by atoms with Crippen LogP contribution in [0.15, 0.2) is 53.5 Å². The Labute approximate surface area is 115 Å². The molecule has 0 spiro atoms. The summed E-state index contributed by atoms with van der Waals surface area (Å²) in [6, 6.07) is 12.9. The number of hydrogen-bond donors (Lipinski definition) is 2. The average molecular weight is 266 g/mol. The number of nitrogens with two attached hydrogens (primary N) is 1. The summed E-state index contributed by atoms with van der Waals surface area (Å²) < 4.78 is 1.70. The van der Waals surface area contributed by atoms with Crippen molar-refractivity contribution in [3.63, 3.8) is 0 Å². The molecular weight excluding hydrogens is 252 g/mol. The highest BCUT2D eigenvalue weighted by molar-refractivity contribution is 5.68. The predicted octanol–water partition coefficient (Wildman–Crippen LogP) is 2.12. The standard InChI is InChI=1S/C15H14N4O/c1-10-14(11-7-8-13(20)17-9-11)18-19(15(10)16)12-5-3-2-4-6-12/h2-9H,16H2,1H3,(H,17,20). The number of aromatic amines is 1. The van der Waals surface area contributed by atoms with E-state index in [0.717, 1.165) is 22.5 Å². The lowest BCUT2D eigenvalue weighted by atomic mass is 10.1. The fourth-order valence-corrected chi connectivity index (χ4v) is 2.11. The highest BCUT2D eigenvalue weighted by atomic mass is 16.1. The third-order valence-corrected chi connectivity index (χ3v) is 3.23. The van der Waals surface area contributed by atoms with Crippen molar-refractivity contribution in [2.45, 2.75) is 6.92 Å². The molecule has 2 heterocycles. The molecule has 0 atom stereocenters. The summed E-state index contributed by atoms with van der Waals surface area (Å²) in [5, 5.41) is 4.55. The van der Waals surface area contributed by atoms with Crippen LogP contribution in [0, 0.1) is 6.92 Å². The third kappa shape index (κ3) is 1.99. The summed E-state index contributed by atoms with van der Waals surface area (Å²) in [5.74, 6) is 0.595. The third-order valence-electron chi connectivity index (χ3n) is 3.23. The maximum Gasteiger partial charge on any atom is 0.247 e. The van der Waals surface area contributed by atoms with Gasteiger partial charge < -0.3 is 10.7 Å². The second-order valence-electron chi connectivity index (χ2n) is 4.55. The summed E-state index contributed by atoms with van der Waals surface area (Å²) >= 11 is 0. The molecule has 3 aromatic rings. The zero-order valence-electron chi connectivity index (χ0n) is 11.0. The van der Waals surface area contributed by atoms with Crippen LogP contribution in [0.3, 0.4) is 0 Å². The normalized spacial score (nSPS) is 10.7. The first kappa shape index (κ1) is 12.2. The van der Waals surface area contributed by atoms with Crippen molar-refractivity contribution in [2.75, 3.05) is 5.73 Å². The fraction of sp³-hybridized carbons (Fsp3) is 0.0667. The van der Waals surface area contributed by atoms with Gasteiger partial charge in [-0.3, -0.25) is 4.79 Å². The van der Waals surface area contributed by atoms with Gasteiger partial charge in [-0.2, -0.15) is 5.10 Å². The number of nitrogens with zero attached hydrogens (tertiary/aromatic N) is 2. The molecule has 100 valence electrons. The Morgan fingerprint density at radius 3 is 2.55 bits per heavy atom. The lowest BCUT2D eigenvalue weighted by molar-refractivity contribution is 0.894. The first-order chi connectivity index (χ1) is 9.66. The summed E-state index contributed by atoms with van der Waals surface area (Å²) in [6.45, 7) is 1.92. The summed E-state index contributed by atoms with van der Waals surface area (Å²) in [7, 11) is 0. The Kier molecular flexibility index (Phi) is 2.87. The molecule has 2 aromatic heterocycles. The Balaban J connectivity index is 2.15.